The van der Waals surface area contributed by atoms with Gasteiger partial charge in [-0.25, -0.2) is 9.13 Å². The third-order valence-corrected chi connectivity index (χ3v) is 21.1. The molecular weight excluding hydrogens is 1470 g/mol. The number of rotatable bonds is 34. The monoisotopic (exact) mass is 1560 g/mol. The van der Waals surface area contributed by atoms with Gasteiger partial charge >= 0.3 is 15.6 Å². The molecule has 41 heteroatoms. The van der Waals surface area contributed by atoms with E-state index in [2.05, 4.69) is 30.3 Å². The first-order valence-electron chi connectivity index (χ1n) is 31.7. The van der Waals surface area contributed by atoms with Crippen molar-refractivity contribution in [3.05, 3.63) is 27.3 Å². The van der Waals surface area contributed by atoms with E-state index in [0.29, 0.717) is 9.99 Å². The van der Waals surface area contributed by atoms with Gasteiger partial charge in [-0.1, -0.05) is 6.07 Å². The number of phenolic OH excluding ortho intramolecular Hbond substituents is 1. The Hall–Kier alpha value is -3.28. The number of hydrogen-bond donors (Lipinski definition) is 23. The van der Waals surface area contributed by atoms with Gasteiger partial charge in [-0.05, 0) is 106 Å². The molecule has 13 unspecified atom stereocenters. The van der Waals surface area contributed by atoms with Crippen LogP contribution in [-0.4, -0.2) is 287 Å². The van der Waals surface area contributed by atoms with Gasteiger partial charge in [-0.15, -0.1) is 0 Å². The van der Waals surface area contributed by atoms with Crippen LogP contribution >= 0.6 is 38.2 Å². The molecule has 29 atom stereocenters. The lowest BCUT2D eigenvalue weighted by atomic mass is 9.68. The third-order valence-electron chi connectivity index (χ3n) is 19.3. The Morgan fingerprint density at radius 3 is 1.92 bits per heavy atom. The summed E-state index contributed by atoms with van der Waals surface area (Å²) in [5, 5.41) is 174. The second kappa shape index (κ2) is 34.5. The number of carbonyl (C=O) groups excluding carboxylic acids is 5. The van der Waals surface area contributed by atoms with Crippen LogP contribution in [0.2, 0.25) is 0 Å². The molecule has 0 spiro atoms. The molecule has 23 N–H and O–H groups in total. The van der Waals surface area contributed by atoms with Crippen LogP contribution in [0.15, 0.2) is 18.2 Å². The number of aromatic hydroxyl groups is 1. The van der Waals surface area contributed by atoms with Gasteiger partial charge in [-0.3, -0.25) is 28.2 Å². The van der Waals surface area contributed by atoms with E-state index in [9.17, 15) is 129 Å². The summed E-state index contributed by atoms with van der Waals surface area (Å²) in [6.45, 7) is -0.357. The van der Waals surface area contributed by atoms with Crippen molar-refractivity contribution < 1.29 is 167 Å². The molecule has 7 rings (SSSR count). The highest BCUT2D eigenvalue weighted by atomic mass is 123. The molecule has 6 aliphatic rings. The highest BCUT2D eigenvalue weighted by molar-refractivity contribution is 14.1. The lowest BCUT2D eigenvalue weighted by Gasteiger charge is -2.62. The van der Waals surface area contributed by atoms with Crippen LogP contribution in [0, 0.1) is 50.9 Å². The van der Waals surface area contributed by atoms with Gasteiger partial charge in [-0.2, -0.15) is 0 Å². The number of halogens is 1. The summed E-state index contributed by atoms with van der Waals surface area (Å²) in [7, 11) is -10.4. The van der Waals surface area contributed by atoms with Crippen LogP contribution in [0.5, 0.6) is 5.75 Å². The minimum absolute atomic E-state index is 0.0591. The second-order valence-electron chi connectivity index (χ2n) is 25.9. The zero-order chi connectivity index (χ0) is 72.8. The fourth-order valence-corrected chi connectivity index (χ4v) is 15.0. The lowest BCUT2D eigenvalue weighted by molar-refractivity contribution is -0.505. The SMILES string of the molecule is CC(=O)N[C@H](C(=O)N[C@@H](CCCCNC(=O)CCc1ccc(O)c([123I])c1)C(=O)N[C@H](C=O)[C@@H](C)OC1OC2(OC(O)[C@H]3C[C@@H](O)[C@@H](O)C(COP(=O)(O)O)C3O)C(CO)[C@H](O)[C@H](O)C[C@H]12)[C@@H](C)OC(O)[C@H]1C[C@@H](O)[C@@H](O)C(CO)C1OC1OC2(O)C1C[C@@H](O)[C@@H](O)C2COP(=O)(O)O. The van der Waals surface area contributed by atoms with Crippen molar-refractivity contribution in [3.8, 4) is 5.75 Å². The molecule has 38 nitrogen and oxygen atoms in total. The summed E-state index contributed by atoms with van der Waals surface area (Å²) in [5.74, 6) is -20.0. The molecule has 0 aromatic heterocycles. The van der Waals surface area contributed by atoms with Crippen molar-refractivity contribution >= 4 is 68.2 Å². The fraction of sp³-hybridized carbons (Fsp3) is 0.807. The maximum absolute atomic E-state index is 14.6. The van der Waals surface area contributed by atoms with Crippen molar-refractivity contribution in [2.24, 2.45) is 47.3 Å². The Morgan fingerprint density at radius 2 is 1.32 bits per heavy atom. The topological polar surface area (TPSA) is 626 Å². The minimum Gasteiger partial charge on any atom is -0.507 e. The first-order chi connectivity index (χ1) is 45.8. The molecule has 98 heavy (non-hydrogen) atoms. The van der Waals surface area contributed by atoms with Crippen molar-refractivity contribution in [3.63, 3.8) is 0 Å². The number of nitrogens with one attached hydrogen (secondary N) is 4. The smallest absolute Gasteiger partial charge is 0.469 e. The number of aldehydes is 1. The van der Waals surface area contributed by atoms with Crippen LogP contribution < -0.4 is 21.3 Å². The maximum atomic E-state index is 14.6. The first-order valence-corrected chi connectivity index (χ1v) is 35.8. The number of aryl methyl sites for hydroxylation is 1. The van der Waals surface area contributed by atoms with Gasteiger partial charge in [0.15, 0.2) is 36.7 Å². The van der Waals surface area contributed by atoms with Crippen LogP contribution in [0.3, 0.4) is 0 Å². The lowest BCUT2D eigenvalue weighted by Crippen LogP contribution is -2.75. The Bertz CT molecular complexity index is 2960. The van der Waals surface area contributed by atoms with Gasteiger partial charge in [0.25, 0.3) is 0 Å². The molecule has 2 aliphatic heterocycles. The van der Waals surface area contributed by atoms with Crippen molar-refractivity contribution in [1.29, 1.82) is 0 Å². The molecule has 1 aromatic carbocycles. The zero-order valence-electron chi connectivity index (χ0n) is 53.2. The average molecular weight is 1560 g/mol. The second-order valence-corrected chi connectivity index (χ2v) is 29.5. The zero-order valence-corrected chi connectivity index (χ0v) is 57.1. The minimum atomic E-state index is -5.19. The van der Waals surface area contributed by atoms with E-state index in [-0.39, 0.29) is 50.2 Å². The summed E-state index contributed by atoms with van der Waals surface area (Å²) in [6.07, 6.45) is -29.2. The number of aliphatic hydroxyl groups excluding tert-OH is 13. The van der Waals surface area contributed by atoms with E-state index in [4.69, 9.17) is 28.4 Å². The first kappa shape index (κ1) is 82.0. The number of phenols is 1. The van der Waals surface area contributed by atoms with Crippen LogP contribution in [0.1, 0.15) is 77.7 Å². The summed E-state index contributed by atoms with van der Waals surface area (Å²) in [4.78, 5) is 105. The highest BCUT2D eigenvalue weighted by Crippen LogP contribution is 2.56. The Balaban J connectivity index is 1.06. The largest absolute Gasteiger partial charge is 0.507 e. The number of ether oxygens (including phenoxy) is 6. The quantitative estimate of drug-likeness (QED) is 0.0100. The molecule has 6 fully saturated rings. The summed E-state index contributed by atoms with van der Waals surface area (Å²) >= 11 is 1.94. The van der Waals surface area contributed by atoms with Gasteiger partial charge in [0.05, 0.1) is 127 Å². The number of aliphatic hydroxyl groups is 14. The van der Waals surface area contributed by atoms with Crippen LogP contribution in [0.25, 0.3) is 0 Å². The molecular formula is C57H91IN4O34P2. The Labute approximate surface area is 573 Å². The predicted molar refractivity (Wildman–Crippen MR) is 331 cm³/mol. The normalized spacial score (nSPS) is 37.0. The summed E-state index contributed by atoms with van der Waals surface area (Å²) in [6, 6.07) is -0.214. The van der Waals surface area contributed by atoms with E-state index in [0.717, 1.165) is 12.5 Å². The number of fused-ring (bicyclic) bond motifs is 2. The number of carbonyl (C=O) groups is 5. The molecule has 0 bridgehead atoms. The van der Waals surface area contributed by atoms with E-state index >= 15 is 0 Å². The molecule has 1 aromatic rings. The van der Waals surface area contributed by atoms with E-state index < -0.39 is 261 Å². The van der Waals surface area contributed by atoms with Gasteiger partial charge in [0.1, 0.15) is 30.2 Å². The molecule has 4 aliphatic carbocycles. The summed E-state index contributed by atoms with van der Waals surface area (Å²) < 4.78 is 68.3. The number of phosphoric ester groups is 2. The van der Waals surface area contributed by atoms with Gasteiger partial charge in [0, 0.05) is 43.6 Å². The van der Waals surface area contributed by atoms with E-state index in [1.165, 1.54) is 19.9 Å². The number of amides is 4. The highest BCUT2D eigenvalue weighted by Gasteiger charge is 2.70. The predicted octanol–water partition coefficient (Wildman–Crippen LogP) is -7.17. The molecule has 2 saturated heterocycles. The number of benzene rings is 1. The Morgan fingerprint density at radius 1 is 0.714 bits per heavy atom. The standard InChI is InChI=1S/C57H91IN4O34P2/c1-22(92-55-31-16-41(71)47(76)32(18-64)57(31,96-55)94-53(81)26-13-38(68)46(75)29(44(26)73)20-89-97(83,84)85)36(19-65)62-50(78)35(6-4-5-11-59-42(72)10-8-25-7-9-37(67)34(58)12-25)61-51(79)43(60-24(3)66)23(2)91-52(80)27-14-39(69)45(74)28(17-63)49(27)93-54-30-15-40(70)48(77)33(56(30,82)95-54)21-90-98(86,87)88/h7,9,12,19,22-23,26-33,35-36,38-41,43-49,52-55,63-64,67-71,73-77,80-82H,4-6,8,10-11,13-18,20-21H2,1-3H3,(H,59,72)(H,60,66)(H,61,79)(H,62,78)(H2,83,84,85)(H2,86,87,88)/t22-,23-,26+,27+,28?,29?,30?,31-,32?,33?,35+,36-,38-,39-,40-,41-,43+,44?,45+,46+,47+,48+,49?,52?,53?,54?,55?,56?,57?/m1/s1/i58-4. The van der Waals surface area contributed by atoms with Gasteiger partial charge in [0.2, 0.25) is 23.6 Å². The molecule has 2 heterocycles. The van der Waals surface area contributed by atoms with E-state index in [1.54, 1.807) is 12.1 Å². The average Bonchev–Trinajstić information content (AvgIpc) is 0.715. The van der Waals surface area contributed by atoms with Crippen molar-refractivity contribution in [2.45, 2.75) is 207 Å². The van der Waals surface area contributed by atoms with Crippen LogP contribution in [-0.2, 0) is 77.0 Å². The summed E-state index contributed by atoms with van der Waals surface area (Å²) in [5.41, 5.74) is 0.777. The molecule has 0 radical (unpaired) electrons. The fourth-order valence-electron chi connectivity index (χ4n) is 13.7. The number of unbranched alkanes of at least 4 members (excludes halogenated alkanes) is 1. The number of hydrogen-bond acceptors (Lipinski definition) is 30. The van der Waals surface area contributed by atoms with Crippen molar-refractivity contribution in [2.75, 3.05) is 33.0 Å². The molecule has 4 amide bonds. The van der Waals surface area contributed by atoms with Crippen molar-refractivity contribution in [1.82, 2.24) is 21.3 Å². The molecule has 560 valence electrons. The molecule has 4 saturated carbocycles. The maximum Gasteiger partial charge on any atom is 0.469 e. The number of phosphoric acid groups is 2. The Kier molecular flexibility index (Phi) is 28.9. The van der Waals surface area contributed by atoms with Gasteiger partial charge < -0.3 is 151 Å². The van der Waals surface area contributed by atoms with Crippen LogP contribution in [0.4, 0.5) is 0 Å². The third kappa shape index (κ3) is 19.6. The van der Waals surface area contributed by atoms with E-state index in [1.807, 2.05) is 22.6 Å².